The van der Waals surface area contributed by atoms with Crippen molar-refractivity contribution >= 4 is 23.0 Å². The second-order valence-corrected chi connectivity index (χ2v) is 4.95. The predicted molar refractivity (Wildman–Crippen MR) is 83.5 cm³/mol. The molecule has 1 N–H and O–H groups in total. The van der Waals surface area contributed by atoms with Gasteiger partial charge in [0, 0.05) is 29.4 Å². The summed E-state index contributed by atoms with van der Waals surface area (Å²) in [7, 11) is 0. The van der Waals surface area contributed by atoms with Crippen molar-refractivity contribution < 1.29 is 9.66 Å². The number of nitro benzene ring substituents is 1. The minimum absolute atomic E-state index is 0.0185. The van der Waals surface area contributed by atoms with Gasteiger partial charge >= 0.3 is 0 Å². The van der Waals surface area contributed by atoms with Crippen molar-refractivity contribution in [2.75, 3.05) is 11.9 Å². The zero-order valence-corrected chi connectivity index (χ0v) is 12.5. The van der Waals surface area contributed by atoms with Crippen LogP contribution in [0.3, 0.4) is 0 Å². The van der Waals surface area contributed by atoms with E-state index >= 15 is 0 Å². The third-order valence-electron chi connectivity index (χ3n) is 2.85. The molecule has 0 aliphatic carbocycles. The monoisotopic (exact) mass is 306 g/mol. The third-order valence-corrected chi connectivity index (χ3v) is 3.08. The van der Waals surface area contributed by atoms with Gasteiger partial charge in [-0.25, -0.2) is 0 Å². The summed E-state index contributed by atoms with van der Waals surface area (Å²) in [6, 6.07) is 9.83. The van der Waals surface area contributed by atoms with E-state index in [4.69, 9.17) is 16.3 Å². The van der Waals surface area contributed by atoms with Crippen LogP contribution in [0, 0.1) is 17.0 Å². The summed E-state index contributed by atoms with van der Waals surface area (Å²) in [5.41, 5.74) is 1.49. The largest absolute Gasteiger partial charge is 0.457 e. The number of benzene rings is 2. The van der Waals surface area contributed by atoms with Crippen LogP contribution in [0.25, 0.3) is 0 Å². The first kappa shape index (κ1) is 15.1. The average Bonchev–Trinajstić information content (AvgIpc) is 2.42. The lowest BCUT2D eigenvalue weighted by atomic mass is 10.2. The van der Waals surface area contributed by atoms with E-state index < -0.39 is 4.92 Å². The highest BCUT2D eigenvalue weighted by molar-refractivity contribution is 6.30. The lowest BCUT2D eigenvalue weighted by Gasteiger charge is -2.11. The molecule has 2 aromatic carbocycles. The van der Waals surface area contributed by atoms with E-state index in [0.717, 1.165) is 5.56 Å². The molecule has 0 unspecified atom stereocenters. The highest BCUT2D eigenvalue weighted by Crippen LogP contribution is 2.32. The molecule has 0 spiro atoms. The SMILES string of the molecule is CCNc1cc(Oc2ccc(Cl)cc2C)cc([N+](=O)[O-])c1. The molecule has 110 valence electrons. The quantitative estimate of drug-likeness (QED) is 0.637. The van der Waals surface area contributed by atoms with E-state index in [1.165, 1.54) is 12.1 Å². The summed E-state index contributed by atoms with van der Waals surface area (Å²) in [6.07, 6.45) is 0. The van der Waals surface area contributed by atoms with Crippen molar-refractivity contribution in [1.82, 2.24) is 0 Å². The number of rotatable bonds is 5. The van der Waals surface area contributed by atoms with E-state index in [9.17, 15) is 10.1 Å². The Morgan fingerprint density at radius 1 is 1.29 bits per heavy atom. The summed E-state index contributed by atoms with van der Waals surface area (Å²) >= 11 is 5.90. The first-order valence-electron chi connectivity index (χ1n) is 6.47. The van der Waals surface area contributed by atoms with Crippen molar-refractivity contribution in [2.45, 2.75) is 13.8 Å². The predicted octanol–water partition coefficient (Wildman–Crippen LogP) is 4.78. The minimum Gasteiger partial charge on any atom is -0.457 e. The van der Waals surface area contributed by atoms with E-state index in [-0.39, 0.29) is 5.69 Å². The minimum atomic E-state index is -0.442. The van der Waals surface area contributed by atoms with Crippen LogP contribution < -0.4 is 10.1 Å². The fourth-order valence-corrected chi connectivity index (χ4v) is 2.13. The Labute approximate surface area is 127 Å². The Bertz CT molecular complexity index is 674. The van der Waals surface area contributed by atoms with Crippen LogP contribution in [0.5, 0.6) is 11.5 Å². The molecule has 0 aliphatic heterocycles. The molecule has 2 aromatic rings. The molecule has 0 bridgehead atoms. The molecule has 0 saturated carbocycles. The van der Waals surface area contributed by atoms with Crippen LogP contribution >= 0.6 is 11.6 Å². The number of non-ortho nitro benzene ring substituents is 1. The Hall–Kier alpha value is -2.27. The molecule has 0 fully saturated rings. The second-order valence-electron chi connectivity index (χ2n) is 4.51. The number of aryl methyl sites for hydroxylation is 1. The maximum atomic E-state index is 11.0. The highest BCUT2D eigenvalue weighted by Gasteiger charge is 2.12. The van der Waals surface area contributed by atoms with Gasteiger partial charge in [0.25, 0.3) is 5.69 Å². The zero-order valence-electron chi connectivity index (χ0n) is 11.7. The highest BCUT2D eigenvalue weighted by atomic mass is 35.5. The van der Waals surface area contributed by atoms with Gasteiger partial charge in [-0.05, 0) is 37.6 Å². The standard InChI is InChI=1S/C15H15ClN2O3/c1-3-17-12-7-13(18(19)20)9-14(8-12)21-15-5-4-11(16)6-10(15)2/h4-9,17H,3H2,1-2H3. The molecule has 2 rings (SSSR count). The van der Waals surface area contributed by atoms with Gasteiger partial charge in [0.05, 0.1) is 11.0 Å². The van der Waals surface area contributed by atoms with Crippen molar-refractivity contribution in [3.63, 3.8) is 0 Å². The molecule has 0 saturated heterocycles. The lowest BCUT2D eigenvalue weighted by molar-refractivity contribution is -0.384. The molecule has 0 heterocycles. The molecular weight excluding hydrogens is 292 g/mol. The van der Waals surface area contributed by atoms with Gasteiger partial charge in [0.15, 0.2) is 0 Å². The number of nitrogens with one attached hydrogen (secondary N) is 1. The maximum absolute atomic E-state index is 11.0. The summed E-state index contributed by atoms with van der Waals surface area (Å²) in [4.78, 5) is 10.5. The van der Waals surface area contributed by atoms with E-state index in [2.05, 4.69) is 5.32 Å². The van der Waals surface area contributed by atoms with E-state index in [1.807, 2.05) is 13.8 Å². The second kappa shape index (κ2) is 6.45. The number of hydrogen-bond acceptors (Lipinski definition) is 4. The maximum Gasteiger partial charge on any atom is 0.275 e. The van der Waals surface area contributed by atoms with Crippen molar-refractivity contribution in [3.8, 4) is 11.5 Å². The zero-order chi connectivity index (χ0) is 15.4. The molecule has 0 atom stereocenters. The first-order valence-corrected chi connectivity index (χ1v) is 6.84. The normalized spacial score (nSPS) is 10.2. The molecule has 0 amide bonds. The van der Waals surface area contributed by atoms with Crippen LogP contribution in [-0.4, -0.2) is 11.5 Å². The van der Waals surface area contributed by atoms with E-state index in [1.54, 1.807) is 24.3 Å². The fourth-order valence-electron chi connectivity index (χ4n) is 1.91. The Kier molecular flexibility index (Phi) is 4.65. The van der Waals surface area contributed by atoms with Crippen molar-refractivity contribution in [3.05, 3.63) is 57.1 Å². The Morgan fingerprint density at radius 3 is 2.67 bits per heavy atom. The summed E-state index contributed by atoms with van der Waals surface area (Å²) in [6.45, 7) is 4.45. The molecule has 0 aromatic heterocycles. The van der Waals surface area contributed by atoms with Gasteiger partial charge in [-0.3, -0.25) is 10.1 Å². The van der Waals surface area contributed by atoms with Crippen molar-refractivity contribution in [2.24, 2.45) is 0 Å². The fraction of sp³-hybridized carbons (Fsp3) is 0.200. The smallest absolute Gasteiger partial charge is 0.275 e. The van der Waals surface area contributed by atoms with Crippen LogP contribution in [0.15, 0.2) is 36.4 Å². The summed E-state index contributed by atoms with van der Waals surface area (Å²) in [5, 5.41) is 14.6. The van der Waals surface area contributed by atoms with Crippen LogP contribution in [0.2, 0.25) is 5.02 Å². The molecule has 0 aliphatic rings. The number of nitro groups is 1. The van der Waals surface area contributed by atoms with Gasteiger partial charge in [0.1, 0.15) is 11.5 Å². The number of anilines is 1. The van der Waals surface area contributed by atoms with Crippen LogP contribution in [-0.2, 0) is 0 Å². The van der Waals surface area contributed by atoms with Crippen molar-refractivity contribution in [1.29, 1.82) is 0 Å². The number of nitrogens with zero attached hydrogens (tertiary/aromatic N) is 1. The van der Waals surface area contributed by atoms with Gasteiger partial charge in [0.2, 0.25) is 0 Å². The topological polar surface area (TPSA) is 64.4 Å². The molecule has 6 heteroatoms. The van der Waals surface area contributed by atoms with Gasteiger partial charge < -0.3 is 10.1 Å². The van der Waals surface area contributed by atoms with Gasteiger partial charge in [-0.15, -0.1) is 0 Å². The Balaban J connectivity index is 2.36. The molecule has 0 radical (unpaired) electrons. The summed E-state index contributed by atoms with van der Waals surface area (Å²) < 4.78 is 5.74. The van der Waals surface area contributed by atoms with Crippen LogP contribution in [0.1, 0.15) is 12.5 Å². The molecule has 21 heavy (non-hydrogen) atoms. The van der Waals surface area contributed by atoms with Crippen LogP contribution in [0.4, 0.5) is 11.4 Å². The third kappa shape index (κ3) is 3.86. The van der Waals surface area contributed by atoms with Gasteiger partial charge in [-0.2, -0.15) is 0 Å². The average molecular weight is 307 g/mol. The molecular formula is C15H15ClN2O3. The van der Waals surface area contributed by atoms with Gasteiger partial charge in [-0.1, -0.05) is 11.6 Å². The first-order chi connectivity index (χ1) is 9.99. The number of ether oxygens (including phenoxy) is 1. The summed E-state index contributed by atoms with van der Waals surface area (Å²) in [5.74, 6) is 1.02. The Morgan fingerprint density at radius 2 is 2.05 bits per heavy atom. The molecule has 5 nitrogen and oxygen atoms in total. The lowest BCUT2D eigenvalue weighted by Crippen LogP contribution is -1.99. The number of hydrogen-bond donors (Lipinski definition) is 1. The van der Waals surface area contributed by atoms with E-state index in [0.29, 0.717) is 28.8 Å². The number of halogens is 1.